The van der Waals surface area contributed by atoms with Gasteiger partial charge < -0.3 is 73.1 Å². The standard InChI is InChI=1S/C59H79N11O14/c1-58(2,3)83-50(75)32-46(56(81)68-43(51(60)76)29-35-15-8-7-9-16-35)69-53(78)42-20-14-28-62-48(73)22-12-21-47(72)61-27-13-19-41(66-54(79)44(70-57(82)84-59(4,5)6)30-36-23-25-38(71)26-24-36)52(77)64-34-49(74)65-45(55(80)67-42)31-37-33-63-40-18-11-10-17-39(37)40/h7-11,15-18,23-26,33,41-46,63,71H,12-14,19-22,27-32,34H2,1-6H3,(H2,60,76)(H,61,72)(H,62,73)(H,64,77)(H,65,74)(H,66,79)(H,67,80)(H,68,81)(H,69,78)(H,70,82)/t41-,42?,43-,44-,45?,46-/m0/s1. The average molecular weight is 1170 g/mol. The van der Waals surface area contributed by atoms with Crippen molar-refractivity contribution in [2.75, 3.05) is 19.6 Å². The predicted octanol–water partition coefficient (Wildman–Crippen LogP) is 1.53. The fourth-order valence-electron chi connectivity index (χ4n) is 8.91. The Bertz CT molecular complexity index is 2960. The van der Waals surface area contributed by atoms with Crippen LogP contribution < -0.4 is 53.6 Å². The summed E-state index contributed by atoms with van der Waals surface area (Å²) in [7, 11) is 0. The van der Waals surface area contributed by atoms with E-state index in [0.717, 1.165) is 0 Å². The van der Waals surface area contributed by atoms with Gasteiger partial charge in [0.25, 0.3) is 0 Å². The SMILES string of the molecule is CC(C)(C)OC(=O)C[C@H](NC(=O)C1CCCNC(=O)CCCC(=O)NCCC[C@H](NC(=O)[C@H](Cc2ccc(O)cc2)NC(=O)OC(C)(C)C)C(=O)NCC(=O)NC(Cc2c[nH]c3ccccc23)C(=O)N1)C(=O)N[C@@H](Cc1ccccc1)C(N)=O. The first kappa shape index (κ1) is 65.8. The van der Waals surface area contributed by atoms with E-state index in [1.165, 1.54) is 12.1 Å². The Balaban J connectivity index is 1.45. The van der Waals surface area contributed by atoms with E-state index in [4.69, 9.17) is 15.2 Å². The highest BCUT2D eigenvalue weighted by atomic mass is 16.6. The number of carbonyl (C=O) groups is 11. The molecule has 13 N–H and O–H groups in total. The largest absolute Gasteiger partial charge is 0.508 e. The molecule has 0 bridgehead atoms. The number of carbonyl (C=O) groups excluding carboxylic acids is 11. The zero-order valence-electron chi connectivity index (χ0n) is 48.3. The number of H-pyrrole nitrogens is 1. The number of rotatable bonds is 16. The van der Waals surface area contributed by atoms with Crippen molar-refractivity contribution < 1.29 is 67.3 Å². The summed E-state index contributed by atoms with van der Waals surface area (Å²) in [5, 5.41) is 34.2. The van der Waals surface area contributed by atoms with Crippen molar-refractivity contribution in [2.45, 2.75) is 160 Å². The topological polar surface area (TPSA) is 377 Å². The number of primary amides is 1. The molecule has 1 saturated heterocycles. The van der Waals surface area contributed by atoms with Crippen LogP contribution in [0, 0.1) is 0 Å². The molecule has 2 unspecified atom stereocenters. The first-order valence-corrected chi connectivity index (χ1v) is 27.9. The van der Waals surface area contributed by atoms with Crippen molar-refractivity contribution in [3.05, 3.63) is 102 Å². The summed E-state index contributed by atoms with van der Waals surface area (Å²) in [5.41, 5.74) is 6.21. The van der Waals surface area contributed by atoms with Crippen molar-refractivity contribution >= 4 is 76.1 Å². The molecule has 1 aliphatic heterocycles. The number of aromatic amines is 1. The number of esters is 1. The molecule has 4 aromatic rings. The third-order valence-corrected chi connectivity index (χ3v) is 13.0. The van der Waals surface area contributed by atoms with Crippen LogP contribution in [-0.4, -0.2) is 142 Å². The number of aromatic hydroxyl groups is 1. The molecule has 25 heteroatoms. The van der Waals surface area contributed by atoms with Crippen LogP contribution in [-0.2, 0) is 76.7 Å². The Morgan fingerprint density at radius 2 is 1.25 bits per heavy atom. The van der Waals surface area contributed by atoms with Crippen LogP contribution in [0.5, 0.6) is 5.75 Å². The molecule has 1 aliphatic rings. The maximum absolute atomic E-state index is 14.7. The number of aromatic nitrogens is 1. The molecule has 0 radical (unpaired) electrons. The van der Waals surface area contributed by atoms with E-state index < -0.39 is 126 Å². The summed E-state index contributed by atoms with van der Waals surface area (Å²) >= 11 is 0. The lowest BCUT2D eigenvalue weighted by atomic mass is 10.0. The second-order valence-corrected chi connectivity index (χ2v) is 22.4. The van der Waals surface area contributed by atoms with Crippen LogP contribution in [0.3, 0.4) is 0 Å². The van der Waals surface area contributed by atoms with Gasteiger partial charge in [-0.15, -0.1) is 0 Å². The van der Waals surface area contributed by atoms with Gasteiger partial charge in [-0.3, -0.25) is 47.9 Å². The zero-order chi connectivity index (χ0) is 61.6. The highest BCUT2D eigenvalue weighted by Gasteiger charge is 2.35. The molecule has 3 aromatic carbocycles. The Labute approximate surface area is 487 Å². The van der Waals surface area contributed by atoms with E-state index in [-0.39, 0.29) is 83.0 Å². The third kappa shape index (κ3) is 23.1. The quantitative estimate of drug-likeness (QED) is 0.0709. The number of benzene rings is 3. The Kier molecular flexibility index (Phi) is 24.6. The first-order valence-electron chi connectivity index (χ1n) is 27.9. The van der Waals surface area contributed by atoms with Crippen LogP contribution >= 0.6 is 0 Å². The fraction of sp³-hybridized carbons (Fsp3) is 0.475. The molecule has 0 aliphatic carbocycles. The molecule has 10 amide bonds. The minimum Gasteiger partial charge on any atom is -0.508 e. The number of amides is 10. The Hall–Kier alpha value is -9.03. The van der Waals surface area contributed by atoms with Gasteiger partial charge in [-0.25, -0.2) is 4.79 Å². The maximum Gasteiger partial charge on any atom is 0.408 e. The highest BCUT2D eigenvalue weighted by molar-refractivity contribution is 5.98. The van der Waals surface area contributed by atoms with Gasteiger partial charge in [-0.2, -0.15) is 0 Å². The van der Waals surface area contributed by atoms with Crippen molar-refractivity contribution in [1.29, 1.82) is 0 Å². The second kappa shape index (κ2) is 31.4. The Morgan fingerprint density at radius 1 is 0.643 bits per heavy atom. The summed E-state index contributed by atoms with van der Waals surface area (Å²) < 4.78 is 10.9. The number of fused-ring (bicyclic) bond motifs is 1. The van der Waals surface area contributed by atoms with Gasteiger partial charge in [0, 0.05) is 62.3 Å². The molecule has 1 fully saturated rings. The minimum atomic E-state index is -1.69. The summed E-state index contributed by atoms with van der Waals surface area (Å²) in [4.78, 5) is 154. The lowest BCUT2D eigenvalue weighted by Gasteiger charge is -2.27. The first-order chi connectivity index (χ1) is 39.7. The number of phenolic OH excluding ortho intramolecular Hbond substituents is 1. The van der Waals surface area contributed by atoms with Crippen molar-refractivity contribution in [1.82, 2.24) is 52.8 Å². The molecular weight excluding hydrogens is 1090 g/mol. The molecule has 84 heavy (non-hydrogen) atoms. The van der Waals surface area contributed by atoms with Crippen LogP contribution in [0.1, 0.15) is 110 Å². The van der Waals surface area contributed by atoms with E-state index in [0.29, 0.717) is 27.6 Å². The summed E-state index contributed by atoms with van der Waals surface area (Å²) in [6.45, 7) is 9.01. The van der Waals surface area contributed by atoms with Crippen LogP contribution in [0.2, 0.25) is 0 Å². The van der Waals surface area contributed by atoms with Gasteiger partial charge in [-0.1, -0.05) is 60.7 Å². The molecule has 2 heterocycles. The summed E-state index contributed by atoms with van der Waals surface area (Å²) in [6.07, 6.45) is -0.348. The molecule has 1 aromatic heterocycles. The lowest BCUT2D eigenvalue weighted by Crippen LogP contribution is -2.59. The Morgan fingerprint density at radius 3 is 1.89 bits per heavy atom. The molecule has 0 spiro atoms. The number of nitrogens with two attached hydrogens (primary N) is 1. The van der Waals surface area contributed by atoms with Gasteiger partial charge in [0.05, 0.1) is 13.0 Å². The smallest absolute Gasteiger partial charge is 0.408 e. The lowest BCUT2D eigenvalue weighted by molar-refractivity contribution is -0.156. The number of hydrogen-bond donors (Lipinski definition) is 12. The third-order valence-electron chi connectivity index (χ3n) is 13.0. The molecule has 25 nitrogen and oxygen atoms in total. The van der Waals surface area contributed by atoms with E-state index in [1.807, 2.05) is 0 Å². The van der Waals surface area contributed by atoms with Crippen LogP contribution in [0.25, 0.3) is 10.9 Å². The number of ether oxygens (including phenoxy) is 2. The molecular formula is C59H79N11O14. The van der Waals surface area contributed by atoms with Gasteiger partial charge in [0.1, 0.15) is 53.2 Å². The van der Waals surface area contributed by atoms with Gasteiger partial charge in [-0.05, 0) is 109 Å². The van der Waals surface area contributed by atoms with Crippen molar-refractivity contribution in [3.63, 3.8) is 0 Å². The van der Waals surface area contributed by atoms with E-state index in [1.54, 1.807) is 114 Å². The minimum absolute atomic E-state index is 0.00614. The van der Waals surface area contributed by atoms with Gasteiger partial charge in [0.15, 0.2) is 0 Å². The van der Waals surface area contributed by atoms with E-state index >= 15 is 0 Å². The second-order valence-electron chi connectivity index (χ2n) is 22.4. The van der Waals surface area contributed by atoms with E-state index in [2.05, 4.69) is 52.8 Å². The van der Waals surface area contributed by atoms with Gasteiger partial charge >= 0.3 is 12.1 Å². The molecule has 0 saturated carbocycles. The number of hydrogen-bond acceptors (Lipinski definition) is 14. The van der Waals surface area contributed by atoms with E-state index in [9.17, 15) is 57.8 Å². The maximum atomic E-state index is 14.7. The monoisotopic (exact) mass is 1170 g/mol. The van der Waals surface area contributed by atoms with Gasteiger partial charge in [0.2, 0.25) is 53.2 Å². The number of alkyl carbamates (subject to hydrolysis) is 1. The van der Waals surface area contributed by atoms with Crippen LogP contribution in [0.15, 0.2) is 85.1 Å². The number of para-hydroxylation sites is 1. The van der Waals surface area contributed by atoms with Crippen molar-refractivity contribution in [3.8, 4) is 5.75 Å². The summed E-state index contributed by atoms with van der Waals surface area (Å²) in [5.74, 6) is -8.05. The zero-order valence-corrected chi connectivity index (χ0v) is 48.3. The molecule has 6 atom stereocenters. The normalized spacial score (nSPS) is 18.5. The molecule has 454 valence electrons. The number of nitrogens with one attached hydrogen (secondary N) is 10. The summed E-state index contributed by atoms with van der Waals surface area (Å²) in [6, 6.07) is 13.0. The van der Waals surface area contributed by atoms with Crippen molar-refractivity contribution in [2.24, 2.45) is 5.73 Å². The average Bonchev–Trinajstić information content (AvgIpc) is 3.94. The predicted molar refractivity (Wildman–Crippen MR) is 308 cm³/mol. The van der Waals surface area contributed by atoms with Crippen LogP contribution in [0.4, 0.5) is 4.79 Å². The fourth-order valence-corrected chi connectivity index (χ4v) is 8.91. The highest BCUT2D eigenvalue weighted by Crippen LogP contribution is 2.20. The molecule has 5 rings (SSSR count). The number of phenols is 1.